The Kier molecular flexibility index (Phi) is 3.89. The Balaban J connectivity index is 2.31. The highest BCUT2D eigenvalue weighted by atomic mass is 32.2. The van der Waals surface area contributed by atoms with E-state index >= 15 is 0 Å². The predicted octanol–water partition coefficient (Wildman–Crippen LogP) is 1.55. The fraction of sp³-hybridized carbons (Fsp3) is 0.364. The number of anilines is 1. The zero-order valence-corrected chi connectivity index (χ0v) is 11.2. The second kappa shape index (κ2) is 5.31. The van der Waals surface area contributed by atoms with Crippen molar-refractivity contribution < 1.29 is 22.8 Å². The Hall–Kier alpha value is -1.77. The molecule has 2 amide bonds. The van der Waals surface area contributed by atoms with Gasteiger partial charge in [0.2, 0.25) is 0 Å². The summed E-state index contributed by atoms with van der Waals surface area (Å²) in [6.07, 6.45) is -3.52. The maximum absolute atomic E-state index is 12.6. The molecule has 1 aliphatic rings. The molecule has 2 rings (SSSR count). The first-order valence-electron chi connectivity index (χ1n) is 5.51. The standard InChI is InChI=1S/C11H10F3N3O2S/c1-16(17-9(18)5-20-6-10(17)19)8-4-7(2-3-15-8)11(12,13)14/h2-4H,5-6H2,1H3. The van der Waals surface area contributed by atoms with Gasteiger partial charge in [0, 0.05) is 13.2 Å². The predicted molar refractivity (Wildman–Crippen MR) is 66.8 cm³/mol. The van der Waals surface area contributed by atoms with Crippen molar-refractivity contribution in [1.29, 1.82) is 0 Å². The molecule has 2 heterocycles. The van der Waals surface area contributed by atoms with E-state index < -0.39 is 23.6 Å². The molecule has 0 N–H and O–H groups in total. The van der Waals surface area contributed by atoms with E-state index in [1.807, 2.05) is 0 Å². The Morgan fingerprint density at radius 2 is 1.90 bits per heavy atom. The summed E-state index contributed by atoms with van der Waals surface area (Å²) in [5.41, 5.74) is -0.888. The first-order valence-corrected chi connectivity index (χ1v) is 6.66. The number of hydrogen-bond donors (Lipinski definition) is 0. The third kappa shape index (κ3) is 2.87. The molecule has 0 bridgehead atoms. The van der Waals surface area contributed by atoms with Crippen LogP contribution < -0.4 is 5.01 Å². The second-order valence-electron chi connectivity index (χ2n) is 4.02. The molecule has 0 atom stereocenters. The van der Waals surface area contributed by atoms with Gasteiger partial charge in [-0.2, -0.15) is 18.2 Å². The SMILES string of the molecule is CN(c1cc(C(F)(F)F)ccn1)N1C(=O)CSCC1=O. The number of amides is 2. The van der Waals surface area contributed by atoms with Gasteiger partial charge in [-0.05, 0) is 12.1 Å². The molecule has 0 radical (unpaired) electrons. The van der Waals surface area contributed by atoms with Gasteiger partial charge in [0.15, 0.2) is 0 Å². The molecule has 1 saturated heterocycles. The molecule has 5 nitrogen and oxygen atoms in total. The molecule has 108 valence electrons. The van der Waals surface area contributed by atoms with Crippen molar-refractivity contribution in [3.05, 3.63) is 23.9 Å². The number of hydrazine groups is 1. The first kappa shape index (κ1) is 14.6. The molecule has 9 heteroatoms. The van der Waals surface area contributed by atoms with Crippen molar-refractivity contribution in [1.82, 2.24) is 9.99 Å². The van der Waals surface area contributed by atoms with E-state index in [2.05, 4.69) is 4.98 Å². The summed E-state index contributed by atoms with van der Waals surface area (Å²) in [5.74, 6) is -0.862. The minimum Gasteiger partial charge on any atom is -0.272 e. The maximum atomic E-state index is 12.6. The highest BCUT2D eigenvalue weighted by Gasteiger charge is 2.34. The number of alkyl halides is 3. The van der Waals surface area contributed by atoms with Gasteiger partial charge in [0.25, 0.3) is 11.8 Å². The van der Waals surface area contributed by atoms with Crippen molar-refractivity contribution in [3.8, 4) is 0 Å². The van der Waals surface area contributed by atoms with Crippen molar-refractivity contribution >= 4 is 29.4 Å². The highest BCUT2D eigenvalue weighted by molar-refractivity contribution is 8.00. The molecule has 0 aromatic carbocycles. The summed E-state index contributed by atoms with van der Waals surface area (Å²) in [4.78, 5) is 27.2. The number of imide groups is 1. The van der Waals surface area contributed by atoms with Gasteiger partial charge >= 0.3 is 6.18 Å². The Bertz CT molecular complexity index is 534. The van der Waals surface area contributed by atoms with Crippen LogP contribution in [0.15, 0.2) is 18.3 Å². The molecular weight excluding hydrogens is 295 g/mol. The van der Waals surface area contributed by atoms with Crippen LogP contribution in [0, 0.1) is 0 Å². The monoisotopic (exact) mass is 305 g/mol. The summed E-state index contributed by atoms with van der Waals surface area (Å²) in [5, 5.41) is 1.86. The van der Waals surface area contributed by atoms with E-state index in [0.29, 0.717) is 0 Å². The smallest absolute Gasteiger partial charge is 0.272 e. The molecule has 1 aromatic rings. The number of thioether (sulfide) groups is 1. The van der Waals surface area contributed by atoms with Crippen LogP contribution in [0.25, 0.3) is 0 Å². The lowest BCUT2D eigenvalue weighted by Gasteiger charge is -2.33. The zero-order valence-electron chi connectivity index (χ0n) is 10.3. The van der Waals surface area contributed by atoms with Gasteiger partial charge in [-0.1, -0.05) is 0 Å². The number of carbonyl (C=O) groups excluding carboxylic acids is 2. The summed E-state index contributed by atoms with van der Waals surface area (Å²) in [6.45, 7) is 0. The summed E-state index contributed by atoms with van der Waals surface area (Å²) >= 11 is 1.17. The van der Waals surface area contributed by atoms with Gasteiger partial charge < -0.3 is 0 Å². The largest absolute Gasteiger partial charge is 0.416 e. The average Bonchev–Trinajstić information content (AvgIpc) is 2.37. The van der Waals surface area contributed by atoms with Crippen LogP contribution in [0.1, 0.15) is 5.56 Å². The molecule has 0 aliphatic carbocycles. The average molecular weight is 305 g/mol. The van der Waals surface area contributed by atoms with E-state index in [-0.39, 0.29) is 17.3 Å². The fourth-order valence-corrected chi connectivity index (χ4v) is 2.39. The van der Waals surface area contributed by atoms with Crippen molar-refractivity contribution in [2.45, 2.75) is 6.18 Å². The van der Waals surface area contributed by atoms with Gasteiger partial charge in [0.05, 0.1) is 17.1 Å². The van der Waals surface area contributed by atoms with Gasteiger partial charge in [-0.15, -0.1) is 11.8 Å². The lowest BCUT2D eigenvalue weighted by atomic mass is 10.2. The number of hydrogen-bond acceptors (Lipinski definition) is 5. The summed E-state index contributed by atoms with van der Waals surface area (Å²) in [7, 11) is 1.33. The highest BCUT2D eigenvalue weighted by Crippen LogP contribution is 2.31. The van der Waals surface area contributed by atoms with E-state index in [1.165, 1.54) is 18.8 Å². The zero-order chi connectivity index (χ0) is 14.9. The van der Waals surface area contributed by atoms with Crippen LogP contribution in [0.2, 0.25) is 0 Å². The van der Waals surface area contributed by atoms with Crippen molar-refractivity contribution in [2.75, 3.05) is 23.6 Å². The lowest BCUT2D eigenvalue weighted by molar-refractivity contribution is -0.142. The van der Waals surface area contributed by atoms with Crippen LogP contribution >= 0.6 is 11.8 Å². The number of aromatic nitrogens is 1. The van der Waals surface area contributed by atoms with Crippen LogP contribution in [-0.2, 0) is 15.8 Å². The summed E-state index contributed by atoms with van der Waals surface area (Å²) in [6, 6.07) is 1.62. The lowest BCUT2D eigenvalue weighted by Crippen LogP contribution is -2.52. The molecule has 1 fully saturated rings. The van der Waals surface area contributed by atoms with Crippen LogP contribution in [-0.4, -0.2) is 40.4 Å². The third-order valence-electron chi connectivity index (χ3n) is 2.63. The molecule has 0 saturated carbocycles. The normalized spacial score (nSPS) is 16.5. The molecule has 1 aliphatic heterocycles. The first-order chi connectivity index (χ1) is 9.30. The minimum atomic E-state index is -4.51. The van der Waals surface area contributed by atoms with E-state index in [1.54, 1.807) is 0 Å². The quantitative estimate of drug-likeness (QED) is 0.776. The van der Waals surface area contributed by atoms with E-state index in [4.69, 9.17) is 0 Å². The topological polar surface area (TPSA) is 53.5 Å². The Morgan fingerprint density at radius 3 is 2.45 bits per heavy atom. The molecule has 20 heavy (non-hydrogen) atoms. The molecule has 1 aromatic heterocycles. The molecule has 0 spiro atoms. The van der Waals surface area contributed by atoms with Gasteiger partial charge in [-0.3, -0.25) is 14.6 Å². The fourth-order valence-electron chi connectivity index (χ4n) is 1.70. The van der Waals surface area contributed by atoms with E-state index in [9.17, 15) is 22.8 Å². The Morgan fingerprint density at radius 1 is 1.30 bits per heavy atom. The molecular formula is C11H10F3N3O2S. The number of halogens is 3. The van der Waals surface area contributed by atoms with Crippen LogP contribution in [0.5, 0.6) is 0 Å². The number of rotatable bonds is 2. The maximum Gasteiger partial charge on any atom is 0.416 e. The van der Waals surface area contributed by atoms with Gasteiger partial charge in [-0.25, -0.2) is 4.98 Å². The van der Waals surface area contributed by atoms with Crippen molar-refractivity contribution in [3.63, 3.8) is 0 Å². The minimum absolute atomic E-state index is 0.106. The summed E-state index contributed by atoms with van der Waals surface area (Å²) < 4.78 is 37.9. The number of nitrogens with zero attached hydrogens (tertiary/aromatic N) is 3. The van der Waals surface area contributed by atoms with Crippen LogP contribution in [0.4, 0.5) is 19.0 Å². The second-order valence-corrected chi connectivity index (χ2v) is 5.00. The number of carbonyl (C=O) groups is 2. The van der Waals surface area contributed by atoms with Crippen LogP contribution in [0.3, 0.4) is 0 Å². The third-order valence-corrected chi connectivity index (χ3v) is 3.53. The van der Waals surface area contributed by atoms with Gasteiger partial charge in [0.1, 0.15) is 5.82 Å². The van der Waals surface area contributed by atoms with E-state index in [0.717, 1.165) is 28.3 Å². The molecule has 0 unspecified atom stereocenters. The van der Waals surface area contributed by atoms with Crippen molar-refractivity contribution in [2.24, 2.45) is 0 Å². The number of pyridine rings is 1. The Labute approximate surface area is 116 Å².